The average molecular weight is 525 g/mol. The molecular formula is C28H22F2N8O. The van der Waals surface area contributed by atoms with Crippen molar-refractivity contribution < 1.29 is 13.6 Å². The van der Waals surface area contributed by atoms with Gasteiger partial charge in [0.25, 0.3) is 0 Å². The number of H-pyrrole nitrogens is 2. The van der Waals surface area contributed by atoms with Crippen molar-refractivity contribution in [1.29, 1.82) is 0 Å². The summed E-state index contributed by atoms with van der Waals surface area (Å²) in [6.45, 7) is 5.39. The summed E-state index contributed by atoms with van der Waals surface area (Å²) in [5, 5.41) is 10.1. The maximum absolute atomic E-state index is 16.0. The summed E-state index contributed by atoms with van der Waals surface area (Å²) in [6.07, 6.45) is 6.04. The van der Waals surface area contributed by atoms with E-state index in [1.807, 2.05) is 0 Å². The van der Waals surface area contributed by atoms with Crippen LogP contribution in [0, 0.1) is 17.0 Å². The largest absolute Gasteiger partial charge is 0.336 e. The first-order valence-corrected chi connectivity index (χ1v) is 12.1. The fourth-order valence-electron chi connectivity index (χ4n) is 4.20. The lowest BCUT2D eigenvalue weighted by Crippen LogP contribution is -2.27. The van der Waals surface area contributed by atoms with Gasteiger partial charge in [-0.25, -0.2) is 13.8 Å². The van der Waals surface area contributed by atoms with E-state index in [0.29, 0.717) is 44.9 Å². The number of nitrogens with zero attached hydrogens (tertiary/aromatic N) is 5. The molecule has 11 heteroatoms. The molecular weight excluding hydrogens is 502 g/mol. The Morgan fingerprint density at radius 2 is 1.77 bits per heavy atom. The second-order valence-electron chi connectivity index (χ2n) is 10.1. The number of aromatic nitrogens is 7. The SMILES string of the molecule is CC(C)(C)C(=O)Nc1cncc(-c2ncc3[nH]nc(-c4nc5c(-c6cccc(F)c6)nccc5[nH]4)c3c2F)c1. The zero-order valence-corrected chi connectivity index (χ0v) is 21.2. The molecule has 9 nitrogen and oxygen atoms in total. The highest BCUT2D eigenvalue weighted by atomic mass is 19.1. The zero-order valence-electron chi connectivity index (χ0n) is 21.2. The highest BCUT2D eigenvalue weighted by Gasteiger charge is 2.23. The Hall–Kier alpha value is -5.06. The molecule has 0 fully saturated rings. The first kappa shape index (κ1) is 24.3. The number of hydrogen-bond donors (Lipinski definition) is 3. The summed E-state index contributed by atoms with van der Waals surface area (Å²) in [7, 11) is 0. The molecule has 1 amide bonds. The fourth-order valence-corrected chi connectivity index (χ4v) is 4.20. The number of anilines is 1. The van der Waals surface area contributed by atoms with Gasteiger partial charge in [-0.3, -0.25) is 24.8 Å². The van der Waals surface area contributed by atoms with Crippen LogP contribution in [-0.4, -0.2) is 41.0 Å². The maximum Gasteiger partial charge on any atom is 0.229 e. The van der Waals surface area contributed by atoms with Crippen LogP contribution < -0.4 is 5.32 Å². The molecule has 6 aromatic rings. The minimum absolute atomic E-state index is 0.0442. The minimum Gasteiger partial charge on any atom is -0.336 e. The van der Waals surface area contributed by atoms with Crippen LogP contribution >= 0.6 is 0 Å². The standard InChI is InChI=1S/C28H22F2N8O/c1-28(2,3)27(39)34-17-10-15(11-31-12-17)22-21(30)20-19(13-33-22)37-38-25(20)26-35-18-7-8-32-23(24(18)36-26)14-5-4-6-16(29)9-14/h4-13H,1-3H3,(H,34,39)(H,35,36)(H,37,38). The third kappa shape index (κ3) is 4.37. The minimum atomic E-state index is -0.624. The van der Waals surface area contributed by atoms with Crippen LogP contribution in [0.3, 0.4) is 0 Å². The molecule has 0 saturated heterocycles. The number of carbonyl (C=O) groups excluding carboxylic acids is 1. The van der Waals surface area contributed by atoms with Gasteiger partial charge in [0.05, 0.1) is 40.2 Å². The van der Waals surface area contributed by atoms with Crippen molar-refractivity contribution in [3.8, 4) is 34.0 Å². The first-order chi connectivity index (χ1) is 18.7. The third-order valence-electron chi connectivity index (χ3n) is 6.22. The Morgan fingerprint density at radius 3 is 2.56 bits per heavy atom. The van der Waals surface area contributed by atoms with E-state index in [1.54, 1.807) is 51.2 Å². The van der Waals surface area contributed by atoms with E-state index in [4.69, 9.17) is 0 Å². The number of aromatic amines is 2. The average Bonchev–Trinajstić information content (AvgIpc) is 3.53. The molecule has 0 spiro atoms. The molecule has 6 rings (SSSR count). The topological polar surface area (TPSA) is 125 Å². The Bertz CT molecular complexity index is 1890. The predicted molar refractivity (Wildman–Crippen MR) is 143 cm³/mol. The van der Waals surface area contributed by atoms with Gasteiger partial charge < -0.3 is 10.3 Å². The van der Waals surface area contributed by atoms with Crippen molar-refractivity contribution in [3.63, 3.8) is 0 Å². The number of nitrogens with one attached hydrogen (secondary N) is 3. The van der Waals surface area contributed by atoms with Gasteiger partial charge in [0.15, 0.2) is 11.6 Å². The summed E-state index contributed by atoms with van der Waals surface area (Å²) >= 11 is 0. The number of rotatable bonds is 4. The lowest BCUT2D eigenvalue weighted by molar-refractivity contribution is -0.123. The molecule has 0 radical (unpaired) electrons. The van der Waals surface area contributed by atoms with E-state index in [2.05, 4.69) is 40.4 Å². The number of imidazole rings is 1. The van der Waals surface area contributed by atoms with Crippen molar-refractivity contribution in [2.75, 3.05) is 5.32 Å². The van der Waals surface area contributed by atoms with Gasteiger partial charge >= 0.3 is 0 Å². The first-order valence-electron chi connectivity index (χ1n) is 12.1. The van der Waals surface area contributed by atoms with Gasteiger partial charge in [-0.15, -0.1) is 0 Å². The van der Waals surface area contributed by atoms with Crippen molar-refractivity contribution in [3.05, 3.63) is 72.8 Å². The summed E-state index contributed by atoms with van der Waals surface area (Å²) < 4.78 is 29.9. The van der Waals surface area contributed by atoms with Gasteiger partial charge in [0.2, 0.25) is 5.91 Å². The number of halogens is 2. The quantitative estimate of drug-likeness (QED) is 0.264. The Labute approximate surface area is 220 Å². The van der Waals surface area contributed by atoms with E-state index >= 15 is 4.39 Å². The number of amides is 1. The van der Waals surface area contributed by atoms with E-state index in [-0.39, 0.29) is 28.5 Å². The molecule has 0 aliphatic heterocycles. The molecule has 0 bridgehead atoms. The lowest BCUT2D eigenvalue weighted by atomic mass is 9.95. The van der Waals surface area contributed by atoms with Crippen LogP contribution in [-0.2, 0) is 4.79 Å². The highest BCUT2D eigenvalue weighted by molar-refractivity contribution is 5.98. The second kappa shape index (κ2) is 9.05. The van der Waals surface area contributed by atoms with Crippen LogP contribution in [0.4, 0.5) is 14.5 Å². The van der Waals surface area contributed by atoms with Gasteiger partial charge in [-0.2, -0.15) is 5.10 Å². The van der Waals surface area contributed by atoms with Crippen LogP contribution in [0.1, 0.15) is 20.8 Å². The molecule has 0 aliphatic rings. The normalized spacial score (nSPS) is 11.8. The zero-order chi connectivity index (χ0) is 27.3. The number of carbonyl (C=O) groups is 1. The monoisotopic (exact) mass is 524 g/mol. The van der Waals surface area contributed by atoms with Gasteiger partial charge in [-0.05, 0) is 24.3 Å². The molecule has 194 valence electrons. The second-order valence-corrected chi connectivity index (χ2v) is 10.1. The smallest absolute Gasteiger partial charge is 0.229 e. The molecule has 0 unspecified atom stereocenters. The molecule has 3 N–H and O–H groups in total. The highest BCUT2D eigenvalue weighted by Crippen LogP contribution is 2.34. The van der Waals surface area contributed by atoms with Crippen LogP contribution in [0.25, 0.3) is 56.0 Å². The van der Waals surface area contributed by atoms with Crippen LogP contribution in [0.2, 0.25) is 0 Å². The molecule has 39 heavy (non-hydrogen) atoms. The Morgan fingerprint density at radius 1 is 0.923 bits per heavy atom. The fraction of sp³-hybridized carbons (Fsp3) is 0.143. The number of benzene rings is 1. The van der Waals surface area contributed by atoms with E-state index in [1.165, 1.54) is 30.7 Å². The van der Waals surface area contributed by atoms with Gasteiger partial charge in [0.1, 0.15) is 22.7 Å². The van der Waals surface area contributed by atoms with Crippen molar-refractivity contribution in [1.82, 2.24) is 35.1 Å². The van der Waals surface area contributed by atoms with Gasteiger partial charge in [0, 0.05) is 28.9 Å². The van der Waals surface area contributed by atoms with Crippen molar-refractivity contribution >= 4 is 33.5 Å². The van der Waals surface area contributed by atoms with Gasteiger partial charge in [-0.1, -0.05) is 32.9 Å². The number of pyridine rings is 3. The van der Waals surface area contributed by atoms with E-state index < -0.39 is 11.2 Å². The van der Waals surface area contributed by atoms with E-state index in [9.17, 15) is 9.18 Å². The summed E-state index contributed by atoms with van der Waals surface area (Å²) in [4.78, 5) is 33.1. The third-order valence-corrected chi connectivity index (χ3v) is 6.22. The predicted octanol–water partition coefficient (Wildman–Crippen LogP) is 5.89. The Balaban J connectivity index is 1.44. The number of hydrogen-bond acceptors (Lipinski definition) is 6. The van der Waals surface area contributed by atoms with Crippen molar-refractivity contribution in [2.45, 2.75) is 20.8 Å². The molecule has 0 aliphatic carbocycles. The van der Waals surface area contributed by atoms with E-state index in [0.717, 1.165) is 0 Å². The van der Waals surface area contributed by atoms with Crippen LogP contribution in [0.15, 0.2) is 61.2 Å². The summed E-state index contributed by atoms with van der Waals surface area (Å²) in [5.74, 6) is -0.901. The lowest BCUT2D eigenvalue weighted by Gasteiger charge is -2.17. The molecule has 0 atom stereocenters. The maximum atomic E-state index is 16.0. The summed E-state index contributed by atoms with van der Waals surface area (Å²) in [5.41, 5.74) is 3.05. The molecule has 5 heterocycles. The number of fused-ring (bicyclic) bond motifs is 2. The molecule has 1 aromatic carbocycles. The molecule has 0 saturated carbocycles. The molecule has 5 aromatic heterocycles. The van der Waals surface area contributed by atoms with Crippen LogP contribution in [0.5, 0.6) is 0 Å². The summed E-state index contributed by atoms with van der Waals surface area (Å²) in [6, 6.07) is 9.42. The Kier molecular flexibility index (Phi) is 5.63. The van der Waals surface area contributed by atoms with Crippen molar-refractivity contribution in [2.24, 2.45) is 5.41 Å².